The molecule has 0 unspecified atom stereocenters. The zero-order chi connectivity index (χ0) is 17.8. The van der Waals surface area contributed by atoms with Crippen molar-refractivity contribution in [2.75, 3.05) is 6.54 Å². The number of nitrogens with zero attached hydrogens (tertiary/aromatic N) is 5. The van der Waals surface area contributed by atoms with Gasteiger partial charge in [-0.05, 0) is 38.3 Å². The Morgan fingerprint density at radius 1 is 1.36 bits per heavy atom. The summed E-state index contributed by atoms with van der Waals surface area (Å²) in [5.41, 5.74) is 7.87. The third-order valence-corrected chi connectivity index (χ3v) is 4.48. The minimum Gasteiger partial charge on any atom is -0.409 e. The second-order valence-corrected chi connectivity index (χ2v) is 6.28. The van der Waals surface area contributed by atoms with Crippen molar-refractivity contribution < 1.29 is 10.0 Å². The summed E-state index contributed by atoms with van der Waals surface area (Å²) in [6.45, 7) is 2.60. The van der Waals surface area contributed by atoms with Crippen LogP contribution >= 0.6 is 0 Å². The van der Waals surface area contributed by atoms with Crippen molar-refractivity contribution in [2.45, 2.75) is 38.6 Å². The number of aryl methyl sites for hydroxylation is 1. The molecular formula is C17H22N6O2. The highest BCUT2D eigenvalue weighted by molar-refractivity contribution is 5.98. The lowest BCUT2D eigenvalue weighted by Gasteiger charge is -2.36. The summed E-state index contributed by atoms with van der Waals surface area (Å²) in [4.78, 5) is 16.5. The maximum absolute atomic E-state index is 13.3. The molecule has 1 aromatic carbocycles. The monoisotopic (exact) mass is 342 g/mol. The minimum atomic E-state index is -0.0774. The molecule has 1 saturated heterocycles. The number of aromatic nitrogens is 3. The molecule has 1 amide bonds. The molecule has 1 aliphatic rings. The van der Waals surface area contributed by atoms with E-state index in [2.05, 4.69) is 15.4 Å². The molecule has 0 spiro atoms. The summed E-state index contributed by atoms with van der Waals surface area (Å²) >= 11 is 0. The predicted octanol–water partition coefficient (Wildman–Crippen LogP) is 1.71. The number of nitrogens with two attached hydrogens (primary N) is 1. The Hall–Kier alpha value is -2.90. The van der Waals surface area contributed by atoms with E-state index >= 15 is 0 Å². The molecule has 25 heavy (non-hydrogen) atoms. The summed E-state index contributed by atoms with van der Waals surface area (Å²) in [5.74, 6) is 0.0642. The molecule has 132 valence electrons. The smallest absolute Gasteiger partial charge is 0.256 e. The molecule has 1 fully saturated rings. The van der Waals surface area contributed by atoms with E-state index in [4.69, 9.17) is 10.9 Å². The number of carbonyl (C=O) groups excluding carboxylic acids is 1. The maximum atomic E-state index is 13.3. The Kier molecular flexibility index (Phi) is 4.97. The second-order valence-electron chi connectivity index (χ2n) is 6.28. The van der Waals surface area contributed by atoms with Crippen molar-refractivity contribution in [3.05, 3.63) is 41.7 Å². The van der Waals surface area contributed by atoms with Crippen LogP contribution in [0.5, 0.6) is 0 Å². The molecule has 0 radical (unpaired) electrons. The van der Waals surface area contributed by atoms with E-state index in [0.717, 1.165) is 24.8 Å². The standard InChI is InChI=1S/C17H22N6O2/c1-12-5-6-15(23-19-7-8-20-23)14(10-12)17(24)22-9-3-2-4-13(22)11-16(18)21-25/h5-8,10,13,25H,2-4,9,11H2,1H3,(H2,18,21)/t13-/m0/s1. The molecule has 8 heteroatoms. The van der Waals surface area contributed by atoms with Crippen LogP contribution in [0.15, 0.2) is 35.7 Å². The number of hydrogen-bond donors (Lipinski definition) is 2. The van der Waals surface area contributed by atoms with E-state index in [1.54, 1.807) is 12.4 Å². The summed E-state index contributed by atoms with van der Waals surface area (Å²) < 4.78 is 0. The number of amidine groups is 1. The van der Waals surface area contributed by atoms with E-state index in [1.807, 2.05) is 30.0 Å². The molecule has 1 aliphatic heterocycles. The van der Waals surface area contributed by atoms with Gasteiger partial charge in [0.05, 0.1) is 23.6 Å². The molecule has 0 bridgehead atoms. The van der Waals surface area contributed by atoms with Crippen molar-refractivity contribution in [1.82, 2.24) is 19.9 Å². The molecule has 8 nitrogen and oxygen atoms in total. The van der Waals surface area contributed by atoms with E-state index in [1.165, 1.54) is 4.80 Å². The average molecular weight is 342 g/mol. The first-order valence-corrected chi connectivity index (χ1v) is 8.35. The van der Waals surface area contributed by atoms with Gasteiger partial charge in [0.15, 0.2) is 0 Å². The van der Waals surface area contributed by atoms with E-state index < -0.39 is 0 Å². The summed E-state index contributed by atoms with van der Waals surface area (Å²) in [5, 5.41) is 20.2. The Morgan fingerprint density at radius 3 is 2.84 bits per heavy atom. The van der Waals surface area contributed by atoms with Crippen LogP contribution < -0.4 is 5.73 Å². The van der Waals surface area contributed by atoms with Crippen molar-refractivity contribution >= 4 is 11.7 Å². The highest BCUT2D eigenvalue weighted by Crippen LogP contribution is 2.25. The van der Waals surface area contributed by atoms with Crippen LogP contribution in [0.3, 0.4) is 0 Å². The van der Waals surface area contributed by atoms with Crippen molar-refractivity contribution in [1.29, 1.82) is 0 Å². The van der Waals surface area contributed by atoms with Gasteiger partial charge >= 0.3 is 0 Å². The lowest BCUT2D eigenvalue weighted by atomic mass is 9.97. The fourth-order valence-electron chi connectivity index (χ4n) is 3.25. The largest absolute Gasteiger partial charge is 0.409 e. The third-order valence-electron chi connectivity index (χ3n) is 4.48. The number of carbonyl (C=O) groups is 1. The first kappa shape index (κ1) is 16.9. The number of oxime groups is 1. The molecular weight excluding hydrogens is 320 g/mol. The Bertz CT molecular complexity index is 771. The normalized spacial score (nSPS) is 18.4. The zero-order valence-corrected chi connectivity index (χ0v) is 14.2. The first-order valence-electron chi connectivity index (χ1n) is 8.35. The van der Waals surface area contributed by atoms with Crippen LogP contribution in [0.4, 0.5) is 0 Å². The molecule has 3 N–H and O–H groups in total. The van der Waals surface area contributed by atoms with Crippen LogP contribution in [0.1, 0.15) is 41.6 Å². The molecule has 0 aliphatic carbocycles. The van der Waals surface area contributed by atoms with Gasteiger partial charge in [0.1, 0.15) is 5.84 Å². The van der Waals surface area contributed by atoms with Gasteiger partial charge in [-0.15, -0.1) is 0 Å². The number of likely N-dealkylation sites (tertiary alicyclic amines) is 1. The number of rotatable bonds is 4. The van der Waals surface area contributed by atoms with Gasteiger partial charge in [0.2, 0.25) is 0 Å². The van der Waals surface area contributed by atoms with Crippen molar-refractivity contribution in [3.8, 4) is 5.69 Å². The molecule has 1 atom stereocenters. The second kappa shape index (κ2) is 7.33. The van der Waals surface area contributed by atoms with Crippen molar-refractivity contribution in [3.63, 3.8) is 0 Å². The first-order chi connectivity index (χ1) is 12.1. The van der Waals surface area contributed by atoms with E-state index in [0.29, 0.717) is 24.2 Å². The Morgan fingerprint density at radius 2 is 2.12 bits per heavy atom. The highest BCUT2D eigenvalue weighted by Gasteiger charge is 2.30. The minimum absolute atomic E-state index is 0.0731. The van der Waals surface area contributed by atoms with Gasteiger partial charge in [-0.3, -0.25) is 4.79 Å². The summed E-state index contributed by atoms with van der Waals surface area (Å²) in [6.07, 6.45) is 6.33. The third kappa shape index (κ3) is 3.62. The van der Waals surface area contributed by atoms with Crippen LogP contribution in [-0.4, -0.2) is 49.4 Å². The van der Waals surface area contributed by atoms with E-state index in [-0.39, 0.29) is 17.8 Å². The van der Waals surface area contributed by atoms with Crippen LogP contribution in [-0.2, 0) is 0 Å². The lowest BCUT2D eigenvalue weighted by Crippen LogP contribution is -2.45. The van der Waals surface area contributed by atoms with Crippen LogP contribution in [0.25, 0.3) is 5.69 Å². The Balaban J connectivity index is 1.95. The molecule has 2 aromatic rings. The molecule has 0 saturated carbocycles. The Labute approximate surface area is 145 Å². The highest BCUT2D eigenvalue weighted by atomic mass is 16.4. The zero-order valence-electron chi connectivity index (χ0n) is 14.2. The predicted molar refractivity (Wildman–Crippen MR) is 92.8 cm³/mol. The molecule has 3 rings (SSSR count). The number of hydrogen-bond acceptors (Lipinski definition) is 5. The van der Waals surface area contributed by atoms with Gasteiger partial charge in [-0.25, -0.2) is 0 Å². The fraction of sp³-hybridized carbons (Fsp3) is 0.412. The SMILES string of the molecule is Cc1ccc(-n2nccn2)c(C(=O)N2CCCC[C@H]2CC(N)=NO)c1. The average Bonchev–Trinajstić information content (AvgIpc) is 3.16. The van der Waals surface area contributed by atoms with Crippen molar-refractivity contribution in [2.24, 2.45) is 10.9 Å². The lowest BCUT2D eigenvalue weighted by molar-refractivity contribution is 0.0620. The summed E-state index contributed by atoms with van der Waals surface area (Å²) in [6, 6.07) is 5.57. The van der Waals surface area contributed by atoms with Gasteiger partial charge in [0, 0.05) is 19.0 Å². The number of amides is 1. The van der Waals surface area contributed by atoms with Gasteiger partial charge in [-0.2, -0.15) is 15.0 Å². The molecule has 1 aromatic heterocycles. The van der Waals surface area contributed by atoms with Crippen LogP contribution in [0.2, 0.25) is 0 Å². The van der Waals surface area contributed by atoms with E-state index in [9.17, 15) is 4.79 Å². The fourth-order valence-corrected chi connectivity index (χ4v) is 3.25. The van der Waals surface area contributed by atoms with Gasteiger partial charge in [0.25, 0.3) is 5.91 Å². The number of benzene rings is 1. The topological polar surface area (TPSA) is 110 Å². The quantitative estimate of drug-likeness (QED) is 0.380. The number of piperidine rings is 1. The van der Waals surface area contributed by atoms with Gasteiger partial charge < -0.3 is 15.8 Å². The maximum Gasteiger partial charge on any atom is 0.256 e. The summed E-state index contributed by atoms with van der Waals surface area (Å²) in [7, 11) is 0. The molecule has 2 heterocycles. The van der Waals surface area contributed by atoms with Crippen LogP contribution in [0, 0.1) is 6.92 Å². The van der Waals surface area contributed by atoms with Gasteiger partial charge in [-0.1, -0.05) is 16.8 Å².